The fourth-order valence-electron chi connectivity index (χ4n) is 2.53. The number of aliphatic hydroxyl groups is 1. The van der Waals surface area contributed by atoms with Crippen molar-refractivity contribution < 1.29 is 14.6 Å². The molecule has 1 heterocycles. The van der Waals surface area contributed by atoms with Crippen LogP contribution in [0.4, 0.5) is 0 Å². The first-order valence-corrected chi connectivity index (χ1v) is 5.58. The second kappa shape index (κ2) is 4.17. The second-order valence-electron chi connectivity index (χ2n) is 4.88. The van der Waals surface area contributed by atoms with Gasteiger partial charge >= 0.3 is 0 Å². The summed E-state index contributed by atoms with van der Waals surface area (Å²) in [4.78, 5) is 0. The maximum absolute atomic E-state index is 9.91. The Balaban J connectivity index is 1.87. The van der Waals surface area contributed by atoms with Crippen LogP contribution >= 0.6 is 0 Å². The van der Waals surface area contributed by atoms with Crippen molar-refractivity contribution in [3.8, 4) is 0 Å². The van der Waals surface area contributed by atoms with Crippen molar-refractivity contribution in [2.75, 3.05) is 13.2 Å². The first kappa shape index (κ1) is 10.4. The Morgan fingerprint density at radius 1 is 1.21 bits per heavy atom. The van der Waals surface area contributed by atoms with E-state index < -0.39 is 0 Å². The van der Waals surface area contributed by atoms with E-state index in [2.05, 4.69) is 13.8 Å². The molecule has 4 atom stereocenters. The lowest BCUT2D eigenvalue weighted by Crippen LogP contribution is -2.48. The van der Waals surface area contributed by atoms with E-state index in [4.69, 9.17) is 9.47 Å². The summed E-state index contributed by atoms with van der Waals surface area (Å²) in [6.45, 7) is 5.77. The summed E-state index contributed by atoms with van der Waals surface area (Å²) in [5.41, 5.74) is 0. The summed E-state index contributed by atoms with van der Waals surface area (Å²) >= 11 is 0. The highest BCUT2D eigenvalue weighted by Gasteiger charge is 2.36. The van der Waals surface area contributed by atoms with Crippen molar-refractivity contribution in [1.82, 2.24) is 0 Å². The molecule has 0 bridgehead atoms. The zero-order valence-electron chi connectivity index (χ0n) is 8.98. The molecule has 0 amide bonds. The molecule has 2 rings (SSSR count). The van der Waals surface area contributed by atoms with Crippen LogP contribution in [-0.4, -0.2) is 36.6 Å². The molecule has 14 heavy (non-hydrogen) atoms. The van der Waals surface area contributed by atoms with Gasteiger partial charge in [-0.1, -0.05) is 13.8 Å². The SMILES string of the molecule is CC1CC(C)C(OC2COC2)C(O)C1. The van der Waals surface area contributed by atoms with E-state index in [0.29, 0.717) is 25.0 Å². The van der Waals surface area contributed by atoms with Gasteiger partial charge in [-0.05, 0) is 24.7 Å². The first-order valence-electron chi connectivity index (χ1n) is 5.58. The minimum Gasteiger partial charge on any atom is -0.390 e. The molecule has 1 saturated carbocycles. The van der Waals surface area contributed by atoms with Gasteiger partial charge in [-0.25, -0.2) is 0 Å². The van der Waals surface area contributed by atoms with Crippen LogP contribution in [0.5, 0.6) is 0 Å². The standard InChI is InChI=1S/C11H20O3/c1-7-3-8(2)11(10(12)4-7)14-9-5-13-6-9/h7-12H,3-6H2,1-2H3. The van der Waals surface area contributed by atoms with Crippen LogP contribution in [0.2, 0.25) is 0 Å². The number of hydrogen-bond acceptors (Lipinski definition) is 3. The number of aliphatic hydroxyl groups excluding tert-OH is 1. The van der Waals surface area contributed by atoms with E-state index in [-0.39, 0.29) is 18.3 Å². The maximum Gasteiger partial charge on any atom is 0.105 e. The molecular weight excluding hydrogens is 180 g/mol. The van der Waals surface area contributed by atoms with E-state index in [1.54, 1.807) is 0 Å². The van der Waals surface area contributed by atoms with Crippen LogP contribution in [0.15, 0.2) is 0 Å². The molecule has 2 aliphatic rings. The highest BCUT2D eigenvalue weighted by atomic mass is 16.6. The fraction of sp³-hybridized carbons (Fsp3) is 1.00. The molecule has 0 aromatic heterocycles. The van der Waals surface area contributed by atoms with Gasteiger partial charge in [0.25, 0.3) is 0 Å². The van der Waals surface area contributed by atoms with Crippen LogP contribution in [0, 0.1) is 11.8 Å². The second-order valence-corrected chi connectivity index (χ2v) is 4.88. The van der Waals surface area contributed by atoms with Crippen molar-refractivity contribution in [3.05, 3.63) is 0 Å². The molecule has 1 N–H and O–H groups in total. The molecule has 0 radical (unpaired) electrons. The Morgan fingerprint density at radius 2 is 1.93 bits per heavy atom. The largest absolute Gasteiger partial charge is 0.390 e. The molecule has 4 unspecified atom stereocenters. The zero-order valence-corrected chi connectivity index (χ0v) is 8.98. The van der Waals surface area contributed by atoms with E-state index >= 15 is 0 Å². The molecule has 82 valence electrons. The fourth-order valence-corrected chi connectivity index (χ4v) is 2.53. The predicted octanol–water partition coefficient (Wildman–Crippen LogP) is 1.20. The monoisotopic (exact) mass is 200 g/mol. The Morgan fingerprint density at radius 3 is 2.43 bits per heavy atom. The lowest BCUT2D eigenvalue weighted by Gasteiger charge is -2.40. The van der Waals surface area contributed by atoms with Crippen molar-refractivity contribution in [3.63, 3.8) is 0 Å². The lowest BCUT2D eigenvalue weighted by atomic mass is 9.79. The zero-order chi connectivity index (χ0) is 10.1. The average Bonchev–Trinajstić information content (AvgIpc) is 1.98. The van der Waals surface area contributed by atoms with Gasteiger partial charge in [0.2, 0.25) is 0 Å². The molecule has 0 aromatic carbocycles. The topological polar surface area (TPSA) is 38.7 Å². The van der Waals surface area contributed by atoms with E-state index in [9.17, 15) is 5.11 Å². The quantitative estimate of drug-likeness (QED) is 0.728. The summed E-state index contributed by atoms with van der Waals surface area (Å²) < 4.78 is 10.9. The number of hydrogen-bond donors (Lipinski definition) is 1. The van der Waals surface area contributed by atoms with Crippen LogP contribution in [-0.2, 0) is 9.47 Å². The van der Waals surface area contributed by atoms with Crippen LogP contribution in [0.1, 0.15) is 26.7 Å². The van der Waals surface area contributed by atoms with Gasteiger partial charge in [0.15, 0.2) is 0 Å². The minimum absolute atomic E-state index is 0.0279. The third-order valence-electron chi connectivity index (χ3n) is 3.32. The molecule has 1 aliphatic carbocycles. The smallest absolute Gasteiger partial charge is 0.105 e. The Bertz CT molecular complexity index is 179. The van der Waals surface area contributed by atoms with Crippen LogP contribution in [0.25, 0.3) is 0 Å². The van der Waals surface area contributed by atoms with Gasteiger partial charge in [-0.15, -0.1) is 0 Å². The molecular formula is C11H20O3. The van der Waals surface area contributed by atoms with Gasteiger partial charge in [0, 0.05) is 0 Å². The minimum atomic E-state index is -0.283. The highest BCUT2D eigenvalue weighted by molar-refractivity contribution is 4.85. The van der Waals surface area contributed by atoms with E-state index in [0.717, 1.165) is 12.8 Å². The summed E-state index contributed by atoms with van der Waals surface area (Å²) in [5.74, 6) is 1.09. The van der Waals surface area contributed by atoms with Crippen molar-refractivity contribution in [2.45, 2.75) is 45.0 Å². The Labute approximate surface area is 85.4 Å². The van der Waals surface area contributed by atoms with Gasteiger partial charge in [-0.2, -0.15) is 0 Å². The summed E-state index contributed by atoms with van der Waals surface area (Å²) in [5, 5.41) is 9.91. The van der Waals surface area contributed by atoms with Crippen molar-refractivity contribution in [1.29, 1.82) is 0 Å². The maximum atomic E-state index is 9.91. The average molecular weight is 200 g/mol. The number of rotatable bonds is 2. The summed E-state index contributed by atoms with van der Waals surface area (Å²) in [6, 6.07) is 0. The number of ether oxygens (including phenoxy) is 2. The molecule has 3 nitrogen and oxygen atoms in total. The Hall–Kier alpha value is -0.120. The highest BCUT2D eigenvalue weighted by Crippen LogP contribution is 2.32. The third-order valence-corrected chi connectivity index (χ3v) is 3.32. The van der Waals surface area contributed by atoms with Crippen molar-refractivity contribution >= 4 is 0 Å². The van der Waals surface area contributed by atoms with Gasteiger partial charge in [-0.3, -0.25) is 0 Å². The molecule has 0 aromatic rings. The molecule has 2 fully saturated rings. The van der Waals surface area contributed by atoms with Gasteiger partial charge in [0.05, 0.1) is 25.4 Å². The molecule has 3 heteroatoms. The van der Waals surface area contributed by atoms with Crippen LogP contribution in [0.3, 0.4) is 0 Å². The first-order chi connectivity index (χ1) is 6.66. The van der Waals surface area contributed by atoms with Gasteiger partial charge in [0.1, 0.15) is 6.10 Å². The van der Waals surface area contributed by atoms with E-state index in [1.807, 2.05) is 0 Å². The lowest BCUT2D eigenvalue weighted by molar-refractivity contribution is -0.197. The third kappa shape index (κ3) is 2.10. The summed E-state index contributed by atoms with van der Waals surface area (Å²) in [6.07, 6.45) is 2.01. The predicted molar refractivity (Wildman–Crippen MR) is 53.0 cm³/mol. The normalized spacial score (nSPS) is 44.8. The molecule has 1 aliphatic heterocycles. The Kier molecular flexibility index (Phi) is 3.10. The summed E-state index contributed by atoms with van der Waals surface area (Å²) in [7, 11) is 0. The van der Waals surface area contributed by atoms with Crippen LogP contribution < -0.4 is 0 Å². The van der Waals surface area contributed by atoms with Gasteiger partial charge < -0.3 is 14.6 Å². The van der Waals surface area contributed by atoms with E-state index in [1.165, 1.54) is 0 Å². The molecule has 1 saturated heterocycles. The molecule has 0 spiro atoms. The van der Waals surface area contributed by atoms with Crippen molar-refractivity contribution in [2.24, 2.45) is 11.8 Å².